The molecular weight excluding hydrogens is 222 g/mol. The molecular formula is C12H15NO2S. The summed E-state index contributed by atoms with van der Waals surface area (Å²) in [7, 11) is -0.221. The van der Waals surface area contributed by atoms with Crippen LogP contribution >= 0.6 is 0 Å². The third kappa shape index (κ3) is 1.79. The van der Waals surface area contributed by atoms with Gasteiger partial charge < -0.3 is 0 Å². The Balaban J connectivity index is 2.51. The Hall–Kier alpha value is -1.13. The number of allylic oxidation sites excluding steroid dienone is 1. The first-order valence-electron chi connectivity index (χ1n) is 5.14. The van der Waals surface area contributed by atoms with Crippen molar-refractivity contribution < 1.29 is 8.42 Å². The Morgan fingerprint density at radius 3 is 2.56 bits per heavy atom. The molecule has 3 nitrogen and oxygen atoms in total. The van der Waals surface area contributed by atoms with Crippen molar-refractivity contribution in [3.63, 3.8) is 0 Å². The second kappa shape index (κ2) is 3.71. The van der Waals surface area contributed by atoms with Gasteiger partial charge in [-0.1, -0.05) is 17.7 Å². The van der Waals surface area contributed by atoms with Crippen molar-refractivity contribution in [3.05, 3.63) is 34.9 Å². The molecule has 0 saturated heterocycles. The third-order valence-electron chi connectivity index (χ3n) is 2.77. The third-order valence-corrected chi connectivity index (χ3v) is 4.58. The van der Waals surface area contributed by atoms with Crippen LogP contribution in [0.1, 0.15) is 18.1 Å². The normalized spacial score (nSPS) is 15.1. The molecule has 1 aromatic carbocycles. The van der Waals surface area contributed by atoms with Crippen LogP contribution in [0.25, 0.3) is 6.08 Å². The van der Waals surface area contributed by atoms with E-state index in [2.05, 4.69) is 6.92 Å². The van der Waals surface area contributed by atoms with Gasteiger partial charge in [0, 0.05) is 14.1 Å². The maximum atomic E-state index is 11.9. The minimum Gasteiger partial charge on any atom is -0.207 e. The highest BCUT2D eigenvalue weighted by Gasteiger charge is 2.19. The molecule has 16 heavy (non-hydrogen) atoms. The van der Waals surface area contributed by atoms with Crippen molar-refractivity contribution in [3.8, 4) is 0 Å². The van der Waals surface area contributed by atoms with Crippen LogP contribution < -0.4 is 0 Å². The predicted octanol–water partition coefficient (Wildman–Crippen LogP) is 1.90. The van der Waals surface area contributed by atoms with E-state index >= 15 is 0 Å². The molecule has 0 bridgehead atoms. The Morgan fingerprint density at radius 2 is 1.94 bits per heavy atom. The van der Waals surface area contributed by atoms with Gasteiger partial charge in [0.15, 0.2) is 0 Å². The van der Waals surface area contributed by atoms with E-state index in [0.29, 0.717) is 4.90 Å². The molecule has 1 aromatic rings. The van der Waals surface area contributed by atoms with E-state index in [0.717, 1.165) is 12.0 Å². The minimum atomic E-state index is -3.31. The molecule has 0 heterocycles. The number of hydrogen-bond donors (Lipinski definition) is 0. The molecule has 1 aliphatic rings. The van der Waals surface area contributed by atoms with Gasteiger partial charge in [0.2, 0.25) is 10.0 Å². The van der Waals surface area contributed by atoms with Crippen LogP contribution in [0.3, 0.4) is 0 Å². The molecule has 0 N–H and O–H groups in total. The lowest BCUT2D eigenvalue weighted by atomic mass is 10.1. The van der Waals surface area contributed by atoms with Gasteiger partial charge >= 0.3 is 0 Å². The Bertz CT molecular complexity index is 556. The molecule has 0 fully saturated rings. The highest BCUT2D eigenvalue weighted by atomic mass is 32.2. The summed E-state index contributed by atoms with van der Waals surface area (Å²) in [5.41, 5.74) is 3.50. The zero-order valence-electron chi connectivity index (χ0n) is 9.69. The summed E-state index contributed by atoms with van der Waals surface area (Å²) in [6, 6.07) is 5.33. The SMILES string of the molecule is CC1=Cc2cc(S(=O)(=O)N(C)C)ccc2C1. The molecule has 2 rings (SSSR count). The van der Waals surface area contributed by atoms with Crippen molar-refractivity contribution >= 4 is 16.1 Å². The van der Waals surface area contributed by atoms with Crippen LogP contribution in [-0.2, 0) is 16.4 Å². The van der Waals surface area contributed by atoms with E-state index in [1.807, 2.05) is 12.1 Å². The molecule has 0 amide bonds. The van der Waals surface area contributed by atoms with Crippen LogP contribution in [0.5, 0.6) is 0 Å². The average molecular weight is 237 g/mol. The molecule has 86 valence electrons. The van der Waals surface area contributed by atoms with Crippen LogP contribution in [0.15, 0.2) is 28.7 Å². The first-order chi connectivity index (χ1) is 7.41. The lowest BCUT2D eigenvalue weighted by Gasteiger charge is -2.12. The van der Waals surface area contributed by atoms with Gasteiger partial charge in [-0.3, -0.25) is 0 Å². The van der Waals surface area contributed by atoms with E-state index in [1.165, 1.54) is 15.4 Å². The van der Waals surface area contributed by atoms with Crippen LogP contribution in [-0.4, -0.2) is 26.8 Å². The molecule has 0 saturated carbocycles. The first kappa shape index (κ1) is 11.4. The van der Waals surface area contributed by atoms with E-state index in [4.69, 9.17) is 0 Å². The molecule has 0 atom stereocenters. The van der Waals surface area contributed by atoms with Crippen molar-refractivity contribution in [2.24, 2.45) is 0 Å². The summed E-state index contributed by atoms with van der Waals surface area (Å²) in [6.45, 7) is 2.06. The number of rotatable bonds is 2. The van der Waals surface area contributed by atoms with E-state index in [9.17, 15) is 8.42 Å². The Morgan fingerprint density at radius 1 is 1.25 bits per heavy atom. The topological polar surface area (TPSA) is 37.4 Å². The van der Waals surface area contributed by atoms with Gasteiger partial charge in [0.1, 0.15) is 0 Å². The van der Waals surface area contributed by atoms with Crippen molar-refractivity contribution in [1.82, 2.24) is 4.31 Å². The van der Waals surface area contributed by atoms with E-state index in [1.54, 1.807) is 26.2 Å². The molecule has 0 spiro atoms. The van der Waals surface area contributed by atoms with Gasteiger partial charge in [-0.15, -0.1) is 0 Å². The van der Waals surface area contributed by atoms with Crippen LogP contribution in [0.2, 0.25) is 0 Å². The van der Waals surface area contributed by atoms with Gasteiger partial charge in [-0.2, -0.15) is 0 Å². The molecule has 0 unspecified atom stereocenters. The summed E-state index contributed by atoms with van der Waals surface area (Å²) in [4.78, 5) is 0.363. The number of nitrogens with zero attached hydrogens (tertiary/aromatic N) is 1. The zero-order chi connectivity index (χ0) is 11.9. The van der Waals surface area contributed by atoms with Crippen molar-refractivity contribution in [2.45, 2.75) is 18.2 Å². The quantitative estimate of drug-likeness (QED) is 0.787. The van der Waals surface area contributed by atoms with E-state index < -0.39 is 10.0 Å². The highest BCUT2D eigenvalue weighted by Crippen LogP contribution is 2.27. The first-order valence-corrected chi connectivity index (χ1v) is 6.58. The standard InChI is InChI=1S/C12H15NO2S/c1-9-6-10-4-5-12(8-11(10)7-9)16(14,15)13(2)3/h4-5,7-8H,6H2,1-3H3. The second-order valence-corrected chi connectivity index (χ2v) is 6.47. The molecule has 0 aromatic heterocycles. The number of fused-ring (bicyclic) bond motifs is 1. The average Bonchev–Trinajstić information content (AvgIpc) is 2.56. The molecule has 0 radical (unpaired) electrons. The predicted molar refractivity (Wildman–Crippen MR) is 64.7 cm³/mol. The van der Waals surface area contributed by atoms with Crippen molar-refractivity contribution in [1.29, 1.82) is 0 Å². The summed E-state index contributed by atoms with van der Waals surface area (Å²) in [6.07, 6.45) is 2.97. The van der Waals surface area contributed by atoms with Gasteiger partial charge in [0.05, 0.1) is 4.90 Å². The largest absolute Gasteiger partial charge is 0.242 e. The molecule has 4 heteroatoms. The highest BCUT2D eigenvalue weighted by molar-refractivity contribution is 7.89. The van der Waals surface area contributed by atoms with Gasteiger partial charge in [-0.25, -0.2) is 12.7 Å². The van der Waals surface area contributed by atoms with Crippen LogP contribution in [0.4, 0.5) is 0 Å². The number of sulfonamides is 1. The second-order valence-electron chi connectivity index (χ2n) is 4.32. The smallest absolute Gasteiger partial charge is 0.207 e. The summed E-state index contributed by atoms with van der Waals surface area (Å²) < 4.78 is 25.1. The Labute approximate surface area is 96.4 Å². The van der Waals surface area contributed by atoms with Crippen molar-refractivity contribution in [2.75, 3.05) is 14.1 Å². The monoisotopic (exact) mass is 237 g/mol. The number of hydrogen-bond acceptors (Lipinski definition) is 2. The summed E-state index contributed by atoms with van der Waals surface area (Å²) in [5.74, 6) is 0. The van der Waals surface area contributed by atoms with E-state index in [-0.39, 0.29) is 0 Å². The fourth-order valence-corrected chi connectivity index (χ4v) is 2.79. The fourth-order valence-electron chi connectivity index (χ4n) is 1.86. The van der Waals surface area contributed by atoms with Gasteiger partial charge in [-0.05, 0) is 36.6 Å². The summed E-state index contributed by atoms with van der Waals surface area (Å²) >= 11 is 0. The lowest BCUT2D eigenvalue weighted by Crippen LogP contribution is -2.22. The fraction of sp³-hybridized carbons (Fsp3) is 0.333. The number of benzene rings is 1. The lowest BCUT2D eigenvalue weighted by molar-refractivity contribution is 0.520. The van der Waals surface area contributed by atoms with Crippen LogP contribution in [0, 0.1) is 0 Å². The molecule has 0 aliphatic heterocycles. The van der Waals surface area contributed by atoms with Gasteiger partial charge in [0.25, 0.3) is 0 Å². The minimum absolute atomic E-state index is 0.363. The molecule has 1 aliphatic carbocycles. The Kier molecular flexibility index (Phi) is 2.64. The maximum Gasteiger partial charge on any atom is 0.242 e. The zero-order valence-corrected chi connectivity index (χ0v) is 10.5. The maximum absolute atomic E-state index is 11.9. The summed E-state index contributed by atoms with van der Waals surface area (Å²) in [5, 5.41) is 0.